The van der Waals surface area contributed by atoms with Crippen molar-refractivity contribution in [1.82, 2.24) is 14.7 Å². The zero-order valence-corrected chi connectivity index (χ0v) is 22.3. The maximum atomic E-state index is 13.0. The molecule has 6 nitrogen and oxygen atoms in total. The normalized spacial score (nSPS) is 14.7. The monoisotopic (exact) mass is 521 g/mol. The number of thiocarbonyl (C=S) groups is 1. The fourth-order valence-corrected chi connectivity index (χ4v) is 5.17. The standard InChI is InChI=1S/C28H31N3O3S2/c1-3-4-5-9-17-34-24-14-12-21(13-15-24)26-22(20-31(29-26)23-10-7-6-8-11-23)19-25-27(32)30(16-18-33-2)28(35)36-25/h6-8,10-15,19-20H,3-5,9,16-18H2,1-2H3. The number of carbonyl (C=O) groups is 1. The fraction of sp³-hybridized carbons (Fsp3) is 0.321. The van der Waals surface area contributed by atoms with Crippen LogP contribution >= 0.6 is 24.0 Å². The Hall–Kier alpha value is -2.94. The summed E-state index contributed by atoms with van der Waals surface area (Å²) in [6, 6.07) is 17.9. The maximum Gasteiger partial charge on any atom is 0.266 e. The van der Waals surface area contributed by atoms with Crippen LogP contribution in [0.3, 0.4) is 0 Å². The number of ether oxygens (including phenoxy) is 2. The lowest BCUT2D eigenvalue weighted by molar-refractivity contribution is -0.122. The third-order valence-electron chi connectivity index (χ3n) is 5.84. The van der Waals surface area contributed by atoms with E-state index in [1.54, 1.807) is 12.0 Å². The predicted molar refractivity (Wildman–Crippen MR) is 150 cm³/mol. The number of benzene rings is 2. The molecule has 1 aliphatic rings. The number of carbonyl (C=O) groups excluding carboxylic acids is 1. The third-order valence-corrected chi connectivity index (χ3v) is 7.21. The number of aromatic nitrogens is 2. The molecule has 188 valence electrons. The minimum atomic E-state index is -0.104. The van der Waals surface area contributed by atoms with Crippen molar-refractivity contribution in [2.75, 3.05) is 26.9 Å². The molecular weight excluding hydrogens is 490 g/mol. The maximum absolute atomic E-state index is 13.0. The van der Waals surface area contributed by atoms with Crippen LogP contribution in [0.4, 0.5) is 0 Å². The van der Waals surface area contributed by atoms with Crippen molar-refractivity contribution in [3.63, 3.8) is 0 Å². The van der Waals surface area contributed by atoms with E-state index in [1.165, 1.54) is 31.0 Å². The highest BCUT2D eigenvalue weighted by Crippen LogP contribution is 2.35. The van der Waals surface area contributed by atoms with E-state index in [2.05, 4.69) is 6.92 Å². The topological polar surface area (TPSA) is 56.6 Å². The number of hydrogen-bond donors (Lipinski definition) is 0. The molecule has 1 aromatic heterocycles. The molecule has 0 spiro atoms. The number of nitrogens with zero attached hydrogens (tertiary/aromatic N) is 3. The van der Waals surface area contributed by atoms with Crippen molar-refractivity contribution in [1.29, 1.82) is 0 Å². The number of hydrogen-bond acceptors (Lipinski definition) is 6. The van der Waals surface area contributed by atoms with Crippen molar-refractivity contribution < 1.29 is 14.3 Å². The summed E-state index contributed by atoms with van der Waals surface area (Å²) < 4.78 is 13.4. The summed E-state index contributed by atoms with van der Waals surface area (Å²) in [5, 5.41) is 4.88. The fourth-order valence-electron chi connectivity index (χ4n) is 3.87. The van der Waals surface area contributed by atoms with Gasteiger partial charge in [0.05, 0.1) is 36.0 Å². The first kappa shape index (κ1) is 26.1. The molecule has 1 fully saturated rings. The first-order valence-corrected chi connectivity index (χ1v) is 13.5. The van der Waals surface area contributed by atoms with E-state index in [0.29, 0.717) is 22.4 Å². The van der Waals surface area contributed by atoms with Crippen LogP contribution in [0.1, 0.15) is 38.2 Å². The van der Waals surface area contributed by atoms with Gasteiger partial charge in [-0.3, -0.25) is 9.69 Å². The molecule has 0 bridgehead atoms. The lowest BCUT2D eigenvalue weighted by Gasteiger charge is -2.12. The molecule has 0 radical (unpaired) electrons. The molecule has 1 saturated heterocycles. The highest BCUT2D eigenvalue weighted by atomic mass is 32.2. The Morgan fingerprint density at radius 2 is 1.81 bits per heavy atom. The first-order chi connectivity index (χ1) is 17.6. The Kier molecular flexibility index (Phi) is 9.33. The molecule has 0 unspecified atom stereocenters. The molecule has 8 heteroatoms. The number of thioether (sulfide) groups is 1. The second-order valence-corrected chi connectivity index (χ2v) is 10.1. The molecular formula is C28H31N3O3S2. The van der Waals surface area contributed by atoms with Crippen molar-refractivity contribution >= 4 is 40.3 Å². The molecule has 1 aliphatic heterocycles. The minimum absolute atomic E-state index is 0.104. The Morgan fingerprint density at radius 1 is 1.03 bits per heavy atom. The van der Waals surface area contributed by atoms with Gasteiger partial charge in [0.1, 0.15) is 10.1 Å². The summed E-state index contributed by atoms with van der Waals surface area (Å²) in [6.45, 7) is 3.80. The van der Waals surface area contributed by atoms with Crippen LogP contribution in [0.5, 0.6) is 5.75 Å². The van der Waals surface area contributed by atoms with Crippen molar-refractivity contribution in [3.05, 3.63) is 71.3 Å². The summed E-state index contributed by atoms with van der Waals surface area (Å²) in [4.78, 5) is 15.2. The largest absolute Gasteiger partial charge is 0.494 e. The van der Waals surface area contributed by atoms with Gasteiger partial charge < -0.3 is 9.47 Å². The van der Waals surface area contributed by atoms with Crippen LogP contribution in [0.25, 0.3) is 23.0 Å². The van der Waals surface area contributed by atoms with Crippen LogP contribution in [0, 0.1) is 0 Å². The predicted octanol–water partition coefficient (Wildman–Crippen LogP) is 6.35. The molecule has 2 heterocycles. The van der Waals surface area contributed by atoms with Gasteiger partial charge in [-0.15, -0.1) is 0 Å². The molecule has 36 heavy (non-hydrogen) atoms. The second-order valence-electron chi connectivity index (χ2n) is 8.47. The first-order valence-electron chi connectivity index (χ1n) is 12.2. The Morgan fingerprint density at radius 3 is 2.53 bits per heavy atom. The van der Waals surface area contributed by atoms with Crippen LogP contribution in [-0.2, 0) is 9.53 Å². The second kappa shape index (κ2) is 12.9. The molecule has 0 aliphatic carbocycles. The highest BCUT2D eigenvalue weighted by molar-refractivity contribution is 8.26. The average Bonchev–Trinajstić information content (AvgIpc) is 3.44. The Labute approximate surface area is 222 Å². The highest BCUT2D eigenvalue weighted by Gasteiger charge is 2.32. The van der Waals surface area contributed by atoms with E-state index in [4.69, 9.17) is 26.8 Å². The number of unbranched alkanes of at least 4 members (excludes halogenated alkanes) is 3. The van der Waals surface area contributed by atoms with E-state index in [1.807, 2.05) is 71.6 Å². The van der Waals surface area contributed by atoms with Gasteiger partial charge in [0.2, 0.25) is 0 Å². The molecule has 0 saturated carbocycles. The SMILES string of the molecule is CCCCCCOc1ccc(-c2nn(-c3ccccc3)cc2C=C2SC(=S)N(CCOC)C2=O)cc1. The van der Waals surface area contributed by atoms with Gasteiger partial charge in [-0.1, -0.05) is 68.4 Å². The average molecular weight is 522 g/mol. The van der Waals surface area contributed by atoms with E-state index >= 15 is 0 Å². The lowest BCUT2D eigenvalue weighted by atomic mass is 10.1. The van der Waals surface area contributed by atoms with Gasteiger partial charge in [0.15, 0.2) is 0 Å². The van der Waals surface area contributed by atoms with Gasteiger partial charge in [-0.2, -0.15) is 5.10 Å². The summed E-state index contributed by atoms with van der Waals surface area (Å²) in [5.41, 5.74) is 3.53. The number of amides is 1. The number of rotatable bonds is 12. The Bertz CT molecular complexity index is 1210. The number of para-hydroxylation sites is 1. The van der Waals surface area contributed by atoms with Crippen molar-refractivity contribution in [2.45, 2.75) is 32.6 Å². The van der Waals surface area contributed by atoms with E-state index < -0.39 is 0 Å². The van der Waals surface area contributed by atoms with Crippen LogP contribution in [-0.4, -0.2) is 51.8 Å². The third kappa shape index (κ3) is 6.43. The van der Waals surface area contributed by atoms with Crippen molar-refractivity contribution in [2.24, 2.45) is 0 Å². The number of methoxy groups -OCH3 is 1. The summed E-state index contributed by atoms with van der Waals surface area (Å²) >= 11 is 6.75. The van der Waals surface area contributed by atoms with Gasteiger partial charge in [0, 0.05) is 24.4 Å². The molecule has 0 N–H and O–H groups in total. The summed E-state index contributed by atoms with van der Waals surface area (Å²) in [5.74, 6) is 0.741. The van der Waals surface area contributed by atoms with Crippen molar-refractivity contribution in [3.8, 4) is 22.7 Å². The molecule has 3 aromatic rings. The quantitative estimate of drug-likeness (QED) is 0.157. The van der Waals surface area contributed by atoms with E-state index in [-0.39, 0.29) is 5.91 Å². The van der Waals surface area contributed by atoms with Gasteiger partial charge >= 0.3 is 0 Å². The van der Waals surface area contributed by atoms with Gasteiger partial charge in [-0.05, 0) is 48.9 Å². The molecule has 4 rings (SSSR count). The minimum Gasteiger partial charge on any atom is -0.494 e. The van der Waals surface area contributed by atoms with E-state index in [0.717, 1.165) is 41.3 Å². The Balaban J connectivity index is 1.61. The van der Waals surface area contributed by atoms with Gasteiger partial charge in [-0.25, -0.2) is 4.68 Å². The molecule has 1 amide bonds. The van der Waals surface area contributed by atoms with Crippen LogP contribution in [0.2, 0.25) is 0 Å². The van der Waals surface area contributed by atoms with Crippen LogP contribution < -0.4 is 4.74 Å². The smallest absolute Gasteiger partial charge is 0.266 e. The zero-order valence-electron chi connectivity index (χ0n) is 20.7. The zero-order chi connectivity index (χ0) is 25.3. The van der Waals surface area contributed by atoms with Crippen LogP contribution in [0.15, 0.2) is 65.7 Å². The van der Waals surface area contributed by atoms with Gasteiger partial charge in [0.25, 0.3) is 5.91 Å². The molecule has 0 atom stereocenters. The molecule has 2 aromatic carbocycles. The van der Waals surface area contributed by atoms with E-state index in [9.17, 15) is 4.79 Å². The lowest BCUT2D eigenvalue weighted by Crippen LogP contribution is -2.31. The summed E-state index contributed by atoms with van der Waals surface area (Å²) in [6.07, 6.45) is 8.52. The summed E-state index contributed by atoms with van der Waals surface area (Å²) in [7, 11) is 1.61.